The first-order valence-corrected chi connectivity index (χ1v) is 7.59. The van der Waals surface area contributed by atoms with Crippen molar-refractivity contribution in [2.45, 2.75) is 17.1 Å². The minimum absolute atomic E-state index is 0. The van der Waals surface area contributed by atoms with Gasteiger partial charge >= 0.3 is 5.76 Å². The van der Waals surface area contributed by atoms with Crippen molar-refractivity contribution in [3.05, 3.63) is 24.3 Å². The molecule has 1 aromatic carbocycles. The van der Waals surface area contributed by atoms with E-state index < -0.39 is 20.5 Å². The van der Waals surface area contributed by atoms with Crippen molar-refractivity contribution < 1.29 is 22.0 Å². The van der Waals surface area contributed by atoms with Crippen LogP contribution in [0.15, 0.2) is 29.2 Å². The fourth-order valence-electron chi connectivity index (χ4n) is 1.98. The molecule has 118 valence electrons. The molecule has 0 spiro atoms. The Labute approximate surface area is 127 Å². The Kier molecular flexibility index (Phi) is 6.06. The fraction of sp³-hybridized carbons (Fsp3) is 0.417. The molecule has 1 aliphatic heterocycles. The molecule has 21 heavy (non-hydrogen) atoms. The number of carbonyl (C=O) groups is 1. The molecule has 0 bridgehead atoms. The summed E-state index contributed by atoms with van der Waals surface area (Å²) in [6.45, 7) is 1.30. The van der Waals surface area contributed by atoms with Crippen LogP contribution in [0.25, 0.3) is 0 Å². The topological polar surface area (TPSA) is 75.3 Å². The molecule has 2 N–H and O–H groups in total. The van der Waals surface area contributed by atoms with Crippen LogP contribution in [-0.2, 0) is 14.6 Å². The second-order valence-corrected chi connectivity index (χ2v) is 6.43. The Morgan fingerprint density at radius 1 is 1.38 bits per heavy atom. The van der Waals surface area contributed by atoms with Crippen molar-refractivity contribution in [3.63, 3.8) is 0 Å². The molecule has 9 heteroatoms. The van der Waals surface area contributed by atoms with Crippen molar-refractivity contribution in [2.75, 3.05) is 18.4 Å². The van der Waals surface area contributed by atoms with E-state index >= 15 is 0 Å². The normalized spacial score (nSPS) is 18.3. The van der Waals surface area contributed by atoms with Crippen LogP contribution in [0.1, 0.15) is 6.42 Å². The zero-order valence-corrected chi connectivity index (χ0v) is 12.5. The number of amides is 1. The van der Waals surface area contributed by atoms with Crippen molar-refractivity contribution in [3.8, 4) is 0 Å². The molecule has 1 fully saturated rings. The predicted molar refractivity (Wildman–Crippen MR) is 76.5 cm³/mol. The monoisotopic (exact) mass is 340 g/mol. The molecule has 1 atom stereocenters. The van der Waals surface area contributed by atoms with E-state index in [0.29, 0.717) is 13.0 Å². The minimum Gasteiger partial charge on any atom is -0.326 e. The van der Waals surface area contributed by atoms with Crippen molar-refractivity contribution in [1.82, 2.24) is 5.32 Å². The first-order chi connectivity index (χ1) is 9.41. The van der Waals surface area contributed by atoms with E-state index in [-0.39, 0.29) is 29.9 Å². The van der Waals surface area contributed by atoms with Crippen LogP contribution in [0.5, 0.6) is 0 Å². The van der Waals surface area contributed by atoms with Gasteiger partial charge in [0.2, 0.25) is 15.7 Å². The highest BCUT2D eigenvalue weighted by Crippen LogP contribution is 2.22. The van der Waals surface area contributed by atoms with Crippen LogP contribution in [0.4, 0.5) is 14.5 Å². The average molecular weight is 341 g/mol. The third kappa shape index (κ3) is 4.12. The second-order valence-electron chi connectivity index (χ2n) is 4.51. The lowest BCUT2D eigenvalue weighted by atomic mass is 10.1. The van der Waals surface area contributed by atoms with Gasteiger partial charge in [0.25, 0.3) is 0 Å². The van der Waals surface area contributed by atoms with E-state index in [4.69, 9.17) is 0 Å². The summed E-state index contributed by atoms with van der Waals surface area (Å²) in [6, 6.07) is 4.90. The Balaban J connectivity index is 0.00000220. The Morgan fingerprint density at radius 3 is 2.67 bits per heavy atom. The van der Waals surface area contributed by atoms with Crippen LogP contribution < -0.4 is 10.6 Å². The quantitative estimate of drug-likeness (QED) is 0.874. The molecule has 2 rings (SSSR count). The number of sulfone groups is 1. The van der Waals surface area contributed by atoms with Gasteiger partial charge in [-0.3, -0.25) is 4.79 Å². The van der Waals surface area contributed by atoms with E-state index in [1.54, 1.807) is 0 Å². The van der Waals surface area contributed by atoms with Gasteiger partial charge in [0.15, 0.2) is 0 Å². The lowest BCUT2D eigenvalue weighted by Gasteiger charge is -2.11. The summed E-state index contributed by atoms with van der Waals surface area (Å²) in [4.78, 5) is 11.4. The number of carbonyl (C=O) groups excluding carboxylic acids is 1. The smallest absolute Gasteiger partial charge is 0.326 e. The second kappa shape index (κ2) is 7.15. The van der Waals surface area contributed by atoms with Gasteiger partial charge in [-0.25, -0.2) is 8.42 Å². The van der Waals surface area contributed by atoms with Crippen LogP contribution >= 0.6 is 12.4 Å². The van der Waals surface area contributed by atoms with Gasteiger partial charge in [-0.05, 0) is 31.2 Å². The Morgan fingerprint density at radius 2 is 2.10 bits per heavy atom. The highest BCUT2D eigenvalue weighted by atomic mass is 35.5. The van der Waals surface area contributed by atoms with Gasteiger partial charge in [0, 0.05) is 12.2 Å². The molecule has 1 unspecified atom stereocenters. The molecule has 0 radical (unpaired) electrons. The number of hydrogen-bond donors (Lipinski definition) is 2. The zero-order valence-electron chi connectivity index (χ0n) is 10.9. The maximum Gasteiger partial charge on any atom is 0.341 e. The summed E-state index contributed by atoms with van der Waals surface area (Å²) >= 11 is 0. The van der Waals surface area contributed by atoms with Crippen LogP contribution in [0.2, 0.25) is 0 Å². The zero-order chi connectivity index (χ0) is 14.8. The summed E-state index contributed by atoms with van der Waals surface area (Å²) in [7, 11) is -4.65. The molecule has 0 saturated carbocycles. The summed E-state index contributed by atoms with van der Waals surface area (Å²) in [5, 5.41) is 5.58. The van der Waals surface area contributed by atoms with Gasteiger partial charge in [-0.2, -0.15) is 8.78 Å². The molecular formula is C12H15ClF2N2O3S. The summed E-state index contributed by atoms with van der Waals surface area (Å²) in [6.07, 6.45) is 0.695. The SMILES string of the molecule is Cl.O=C(Nc1cccc(S(=O)(=O)C(F)F)c1)C1CCNC1. The van der Waals surface area contributed by atoms with E-state index in [1.165, 1.54) is 12.1 Å². The van der Waals surface area contributed by atoms with Gasteiger partial charge in [0.1, 0.15) is 0 Å². The number of alkyl halides is 2. The number of nitrogens with one attached hydrogen (secondary N) is 2. The summed E-state index contributed by atoms with van der Waals surface area (Å²) < 4.78 is 47.6. The number of halogens is 3. The molecule has 1 saturated heterocycles. The molecule has 5 nitrogen and oxygen atoms in total. The third-order valence-electron chi connectivity index (χ3n) is 3.10. The molecule has 1 amide bonds. The lowest BCUT2D eigenvalue weighted by molar-refractivity contribution is -0.119. The maximum absolute atomic E-state index is 12.5. The fourth-order valence-corrected chi connectivity index (χ4v) is 2.74. The van der Waals surface area contributed by atoms with E-state index in [0.717, 1.165) is 18.7 Å². The van der Waals surface area contributed by atoms with Crippen molar-refractivity contribution >= 4 is 33.8 Å². The van der Waals surface area contributed by atoms with Gasteiger partial charge in [-0.15, -0.1) is 12.4 Å². The third-order valence-corrected chi connectivity index (χ3v) is 4.48. The minimum atomic E-state index is -4.65. The number of hydrogen-bond acceptors (Lipinski definition) is 4. The number of anilines is 1. The summed E-state index contributed by atoms with van der Waals surface area (Å²) in [5.74, 6) is -3.92. The van der Waals surface area contributed by atoms with Crippen molar-refractivity contribution in [1.29, 1.82) is 0 Å². The van der Waals surface area contributed by atoms with Crippen LogP contribution in [0, 0.1) is 5.92 Å². The standard InChI is InChI=1S/C12H14F2N2O3S.ClH/c13-12(14)20(18,19)10-3-1-2-9(6-10)16-11(17)8-4-5-15-7-8;/h1-3,6,8,12,15H,4-5,7H2,(H,16,17);1H. The highest BCUT2D eigenvalue weighted by molar-refractivity contribution is 7.91. The van der Waals surface area contributed by atoms with Crippen molar-refractivity contribution in [2.24, 2.45) is 5.92 Å². The summed E-state index contributed by atoms with van der Waals surface area (Å²) in [5.41, 5.74) is 0.198. The van der Waals surface area contributed by atoms with Crippen LogP contribution in [0.3, 0.4) is 0 Å². The largest absolute Gasteiger partial charge is 0.341 e. The predicted octanol–water partition coefficient (Wildman–Crippen LogP) is 1.65. The van der Waals surface area contributed by atoms with Gasteiger partial charge in [0.05, 0.1) is 10.8 Å². The number of benzene rings is 1. The molecule has 1 aliphatic rings. The first kappa shape index (κ1) is 17.8. The van der Waals surface area contributed by atoms with E-state index in [2.05, 4.69) is 10.6 Å². The van der Waals surface area contributed by atoms with Gasteiger partial charge in [-0.1, -0.05) is 6.07 Å². The first-order valence-electron chi connectivity index (χ1n) is 6.05. The average Bonchev–Trinajstić information content (AvgIpc) is 2.92. The highest BCUT2D eigenvalue weighted by Gasteiger charge is 2.27. The lowest BCUT2D eigenvalue weighted by Crippen LogP contribution is -2.24. The Bertz CT molecular complexity index is 604. The van der Waals surface area contributed by atoms with Crippen LogP contribution in [-0.4, -0.2) is 33.2 Å². The molecule has 1 heterocycles. The molecule has 0 aromatic heterocycles. The number of rotatable bonds is 4. The molecular weight excluding hydrogens is 326 g/mol. The Hall–Kier alpha value is -1.25. The maximum atomic E-state index is 12.5. The molecule has 1 aromatic rings. The van der Waals surface area contributed by atoms with Gasteiger partial charge < -0.3 is 10.6 Å². The molecule has 0 aliphatic carbocycles. The van der Waals surface area contributed by atoms with E-state index in [1.807, 2.05) is 0 Å². The van der Waals surface area contributed by atoms with E-state index in [9.17, 15) is 22.0 Å².